The summed E-state index contributed by atoms with van der Waals surface area (Å²) in [6.45, 7) is 0. The van der Waals surface area contributed by atoms with E-state index < -0.39 is 0 Å². The summed E-state index contributed by atoms with van der Waals surface area (Å²) in [4.78, 5) is 17.2. The number of nitrogen functional groups attached to an aromatic ring is 1. The molecule has 0 saturated heterocycles. The Morgan fingerprint density at radius 3 is 2.67 bits per heavy atom. The number of pyridine rings is 1. The summed E-state index contributed by atoms with van der Waals surface area (Å²) in [5, 5.41) is 0.835. The number of nitrogens with two attached hydrogens (primary N) is 1. The van der Waals surface area contributed by atoms with Gasteiger partial charge in [-0.2, -0.15) is 0 Å². The third-order valence-corrected chi connectivity index (χ3v) is 3.89. The average molecular weight is 276 g/mol. The van der Waals surface area contributed by atoms with Crippen molar-refractivity contribution in [3.05, 3.63) is 53.6 Å². The van der Waals surface area contributed by atoms with Crippen molar-refractivity contribution in [2.24, 2.45) is 0 Å². The van der Waals surface area contributed by atoms with E-state index in [1.54, 1.807) is 13.2 Å². The first-order valence-corrected chi connectivity index (χ1v) is 6.62. The molecule has 0 radical (unpaired) electrons. The molecule has 21 heavy (non-hydrogen) atoms. The third kappa shape index (κ3) is 1.50. The minimum atomic E-state index is -0.0239. The highest BCUT2D eigenvalue weighted by Crippen LogP contribution is 2.43. The summed E-state index contributed by atoms with van der Waals surface area (Å²) in [6, 6.07) is 13.0. The highest BCUT2D eigenvalue weighted by molar-refractivity contribution is 6.28. The Bertz CT molecular complexity index is 916. The number of ether oxygens (including phenoxy) is 1. The van der Waals surface area contributed by atoms with Gasteiger partial charge in [0.15, 0.2) is 5.78 Å². The molecule has 0 saturated carbocycles. The van der Waals surface area contributed by atoms with E-state index in [1.165, 1.54) is 0 Å². The lowest BCUT2D eigenvalue weighted by Gasteiger charge is -2.07. The molecule has 3 aromatic rings. The van der Waals surface area contributed by atoms with Crippen molar-refractivity contribution < 1.29 is 9.53 Å². The average Bonchev–Trinajstić information content (AvgIpc) is 2.81. The third-order valence-electron chi connectivity index (χ3n) is 3.89. The Morgan fingerprint density at radius 2 is 1.86 bits per heavy atom. The van der Waals surface area contributed by atoms with Gasteiger partial charge in [-0.1, -0.05) is 18.2 Å². The molecule has 1 aromatic heterocycles. The fraction of sp³-hybridized carbons (Fsp3) is 0.0588. The molecule has 102 valence electrons. The van der Waals surface area contributed by atoms with E-state index in [1.807, 2.05) is 36.4 Å². The zero-order valence-corrected chi connectivity index (χ0v) is 11.4. The summed E-state index contributed by atoms with van der Waals surface area (Å²) in [6.07, 6.45) is 0. The Kier molecular flexibility index (Phi) is 2.30. The molecule has 4 heteroatoms. The molecule has 0 aliphatic heterocycles. The van der Waals surface area contributed by atoms with Crippen molar-refractivity contribution in [2.45, 2.75) is 0 Å². The Balaban J connectivity index is 2.12. The van der Waals surface area contributed by atoms with Gasteiger partial charge in [-0.05, 0) is 29.8 Å². The van der Waals surface area contributed by atoms with Crippen molar-refractivity contribution in [1.29, 1.82) is 0 Å². The summed E-state index contributed by atoms with van der Waals surface area (Å²) >= 11 is 0. The van der Waals surface area contributed by atoms with E-state index in [0.29, 0.717) is 22.7 Å². The minimum absolute atomic E-state index is 0.0239. The highest BCUT2D eigenvalue weighted by atomic mass is 16.5. The fourth-order valence-electron chi connectivity index (χ4n) is 2.93. The normalized spacial score (nSPS) is 12.3. The summed E-state index contributed by atoms with van der Waals surface area (Å²) < 4.78 is 5.21. The van der Waals surface area contributed by atoms with Crippen LogP contribution < -0.4 is 10.5 Å². The molecule has 2 aromatic carbocycles. The number of hydrogen-bond acceptors (Lipinski definition) is 4. The van der Waals surface area contributed by atoms with Crippen LogP contribution in [0.2, 0.25) is 0 Å². The maximum atomic E-state index is 12.8. The summed E-state index contributed by atoms with van der Waals surface area (Å²) in [5.74, 6) is 1.02. The van der Waals surface area contributed by atoms with E-state index in [2.05, 4.69) is 4.98 Å². The lowest BCUT2D eigenvalue weighted by molar-refractivity contribution is 0.104. The molecule has 0 unspecified atom stereocenters. The van der Waals surface area contributed by atoms with E-state index in [0.717, 1.165) is 22.0 Å². The number of carbonyl (C=O) groups excluding carboxylic acids is 1. The second-order valence-electron chi connectivity index (χ2n) is 5.00. The highest BCUT2D eigenvalue weighted by Gasteiger charge is 2.31. The van der Waals surface area contributed by atoms with Gasteiger partial charge in [-0.15, -0.1) is 0 Å². The molecular weight excluding hydrogens is 264 g/mol. The Hall–Kier alpha value is -2.88. The zero-order chi connectivity index (χ0) is 14.6. The van der Waals surface area contributed by atoms with Crippen LogP contribution in [0.3, 0.4) is 0 Å². The number of anilines is 1. The topological polar surface area (TPSA) is 65.2 Å². The van der Waals surface area contributed by atoms with Gasteiger partial charge < -0.3 is 10.5 Å². The molecule has 1 heterocycles. The smallest absolute Gasteiger partial charge is 0.195 e. The van der Waals surface area contributed by atoms with Crippen molar-refractivity contribution in [2.75, 3.05) is 12.8 Å². The number of para-hydroxylation sites is 1. The maximum absolute atomic E-state index is 12.8. The molecule has 2 N–H and O–H groups in total. The Morgan fingerprint density at radius 1 is 1.05 bits per heavy atom. The molecule has 0 spiro atoms. The molecule has 0 atom stereocenters. The van der Waals surface area contributed by atoms with Crippen LogP contribution in [-0.4, -0.2) is 17.9 Å². The van der Waals surface area contributed by atoms with Gasteiger partial charge >= 0.3 is 0 Å². The molecular formula is C17H12N2O2. The second kappa shape index (κ2) is 4.06. The van der Waals surface area contributed by atoms with Crippen molar-refractivity contribution in [3.63, 3.8) is 0 Å². The van der Waals surface area contributed by atoms with E-state index in [-0.39, 0.29) is 5.78 Å². The first-order valence-electron chi connectivity index (χ1n) is 6.62. The van der Waals surface area contributed by atoms with Crippen LogP contribution in [0.15, 0.2) is 42.5 Å². The monoisotopic (exact) mass is 276 g/mol. The predicted octanol–water partition coefficient (Wildman–Crippen LogP) is 3.04. The van der Waals surface area contributed by atoms with Crippen LogP contribution >= 0.6 is 0 Å². The number of hydrogen-bond donors (Lipinski definition) is 1. The molecule has 0 amide bonds. The number of aromatic nitrogens is 1. The van der Waals surface area contributed by atoms with E-state index >= 15 is 0 Å². The number of nitrogens with zero attached hydrogens (tertiary/aromatic N) is 1. The van der Waals surface area contributed by atoms with Gasteiger partial charge in [0.1, 0.15) is 11.6 Å². The molecule has 0 fully saturated rings. The number of benzene rings is 2. The second-order valence-corrected chi connectivity index (χ2v) is 5.00. The molecule has 4 nitrogen and oxygen atoms in total. The van der Waals surface area contributed by atoms with Crippen LogP contribution in [0.1, 0.15) is 15.9 Å². The summed E-state index contributed by atoms with van der Waals surface area (Å²) in [7, 11) is 1.58. The maximum Gasteiger partial charge on any atom is 0.195 e. The Labute approximate surface area is 121 Å². The van der Waals surface area contributed by atoms with Gasteiger partial charge in [0, 0.05) is 22.1 Å². The molecule has 4 rings (SSSR count). The van der Waals surface area contributed by atoms with Crippen molar-refractivity contribution in [1.82, 2.24) is 4.98 Å². The molecule has 1 aliphatic carbocycles. The predicted molar refractivity (Wildman–Crippen MR) is 81.6 cm³/mol. The number of ketones is 1. The van der Waals surface area contributed by atoms with Crippen LogP contribution in [-0.2, 0) is 0 Å². The number of methoxy groups -OCH3 is 1. The minimum Gasteiger partial charge on any atom is -0.497 e. The summed E-state index contributed by atoms with van der Waals surface area (Å²) in [5.41, 5.74) is 9.65. The zero-order valence-electron chi connectivity index (χ0n) is 11.4. The van der Waals surface area contributed by atoms with E-state index in [9.17, 15) is 4.79 Å². The van der Waals surface area contributed by atoms with Crippen molar-refractivity contribution >= 4 is 22.5 Å². The van der Waals surface area contributed by atoms with Gasteiger partial charge in [-0.25, -0.2) is 4.98 Å². The molecule has 1 aliphatic rings. The number of fused-ring (bicyclic) bond motifs is 5. The van der Waals surface area contributed by atoms with Crippen LogP contribution in [0.4, 0.5) is 5.82 Å². The SMILES string of the molecule is COc1ccc2c(c1)C(=O)c1c-2c(N)nc2ccccc12. The fourth-order valence-corrected chi connectivity index (χ4v) is 2.93. The number of rotatable bonds is 1. The standard InChI is InChI=1S/C17H12N2O2/c1-21-9-6-7-10-12(8-9)16(20)14-11-4-2-3-5-13(11)19-17(18)15(10)14/h2-8H,1H3,(H2,18,19). The number of carbonyl (C=O) groups is 1. The van der Waals surface area contributed by atoms with Gasteiger partial charge in [0.05, 0.1) is 12.6 Å². The van der Waals surface area contributed by atoms with Crippen molar-refractivity contribution in [3.8, 4) is 16.9 Å². The first-order chi connectivity index (χ1) is 10.2. The van der Waals surface area contributed by atoms with Crippen LogP contribution in [0, 0.1) is 0 Å². The first kappa shape index (κ1) is 11.9. The van der Waals surface area contributed by atoms with Crippen LogP contribution in [0.5, 0.6) is 5.75 Å². The molecule has 0 bridgehead atoms. The van der Waals surface area contributed by atoms with E-state index in [4.69, 9.17) is 10.5 Å². The lowest BCUT2D eigenvalue weighted by Crippen LogP contribution is -2.00. The van der Waals surface area contributed by atoms with Gasteiger partial charge in [0.25, 0.3) is 0 Å². The quantitative estimate of drug-likeness (QED) is 0.580. The van der Waals surface area contributed by atoms with Gasteiger partial charge in [0.2, 0.25) is 0 Å². The lowest BCUT2D eigenvalue weighted by atomic mass is 10.0. The largest absolute Gasteiger partial charge is 0.497 e. The van der Waals surface area contributed by atoms with Gasteiger partial charge in [-0.3, -0.25) is 4.79 Å². The van der Waals surface area contributed by atoms with Crippen LogP contribution in [0.25, 0.3) is 22.0 Å².